The van der Waals surface area contributed by atoms with Crippen molar-refractivity contribution in [3.63, 3.8) is 0 Å². The SMILES string of the molecule is CCOc1cc2c(cc1OC)C(c1cnc(OC)nc1)=N[C@@H]1CC[C@@H](O)C[C@H]21. The number of fused-ring (bicyclic) bond motifs is 3. The molecule has 2 aliphatic rings. The van der Waals surface area contributed by atoms with Crippen molar-refractivity contribution in [2.75, 3.05) is 20.8 Å². The van der Waals surface area contributed by atoms with Crippen molar-refractivity contribution in [2.45, 2.75) is 44.2 Å². The molecule has 1 N–H and O–H groups in total. The molecular weight excluding hydrogens is 358 g/mol. The largest absolute Gasteiger partial charge is 0.493 e. The Bertz CT molecular complexity index is 882. The van der Waals surface area contributed by atoms with E-state index in [1.807, 2.05) is 19.1 Å². The van der Waals surface area contributed by atoms with Crippen LogP contribution in [0.25, 0.3) is 0 Å². The van der Waals surface area contributed by atoms with Crippen LogP contribution in [0.4, 0.5) is 0 Å². The summed E-state index contributed by atoms with van der Waals surface area (Å²) in [5, 5.41) is 10.2. The molecule has 148 valence electrons. The second-order valence-electron chi connectivity index (χ2n) is 7.10. The van der Waals surface area contributed by atoms with Gasteiger partial charge in [0.25, 0.3) is 0 Å². The van der Waals surface area contributed by atoms with Crippen molar-refractivity contribution in [1.29, 1.82) is 0 Å². The highest BCUT2D eigenvalue weighted by Gasteiger charge is 2.37. The molecule has 28 heavy (non-hydrogen) atoms. The lowest BCUT2D eigenvalue weighted by atomic mass is 9.74. The average Bonchev–Trinajstić information content (AvgIpc) is 2.73. The molecule has 1 aromatic heterocycles. The van der Waals surface area contributed by atoms with E-state index in [1.165, 1.54) is 0 Å². The zero-order valence-corrected chi connectivity index (χ0v) is 16.4. The maximum absolute atomic E-state index is 10.2. The summed E-state index contributed by atoms with van der Waals surface area (Å²) in [6, 6.07) is 4.46. The molecule has 1 saturated carbocycles. The van der Waals surface area contributed by atoms with Crippen LogP contribution in [0.5, 0.6) is 17.5 Å². The van der Waals surface area contributed by atoms with Gasteiger partial charge >= 0.3 is 6.01 Å². The van der Waals surface area contributed by atoms with E-state index in [1.54, 1.807) is 26.6 Å². The number of nitrogens with zero attached hydrogens (tertiary/aromatic N) is 3. The summed E-state index contributed by atoms with van der Waals surface area (Å²) in [7, 11) is 3.17. The number of aliphatic hydroxyl groups excluding tert-OH is 1. The quantitative estimate of drug-likeness (QED) is 0.854. The Kier molecular flexibility index (Phi) is 5.17. The van der Waals surface area contributed by atoms with Gasteiger partial charge in [0, 0.05) is 29.4 Å². The van der Waals surface area contributed by atoms with Crippen LogP contribution in [-0.4, -0.2) is 53.8 Å². The van der Waals surface area contributed by atoms with Crippen molar-refractivity contribution < 1.29 is 19.3 Å². The molecule has 3 atom stereocenters. The van der Waals surface area contributed by atoms with Crippen molar-refractivity contribution >= 4 is 5.71 Å². The van der Waals surface area contributed by atoms with Crippen LogP contribution in [0.15, 0.2) is 29.5 Å². The summed E-state index contributed by atoms with van der Waals surface area (Å²) in [6.07, 6.45) is 5.48. The molecule has 1 aliphatic heterocycles. The fourth-order valence-corrected chi connectivity index (χ4v) is 4.15. The molecule has 2 aromatic rings. The van der Waals surface area contributed by atoms with E-state index >= 15 is 0 Å². The topological polar surface area (TPSA) is 86.1 Å². The van der Waals surface area contributed by atoms with Gasteiger partial charge in [-0.3, -0.25) is 4.99 Å². The zero-order chi connectivity index (χ0) is 19.7. The molecule has 0 bridgehead atoms. The van der Waals surface area contributed by atoms with E-state index < -0.39 is 0 Å². The van der Waals surface area contributed by atoms with Gasteiger partial charge in [-0.2, -0.15) is 0 Å². The van der Waals surface area contributed by atoms with Gasteiger partial charge in [0.1, 0.15) is 0 Å². The lowest BCUT2D eigenvalue weighted by molar-refractivity contribution is 0.111. The number of rotatable bonds is 5. The number of aliphatic hydroxyl groups is 1. The summed E-state index contributed by atoms with van der Waals surface area (Å²) >= 11 is 0. The van der Waals surface area contributed by atoms with Gasteiger partial charge in [0.15, 0.2) is 11.5 Å². The molecule has 4 rings (SSSR count). The van der Waals surface area contributed by atoms with Gasteiger partial charge in [0.05, 0.1) is 38.7 Å². The molecule has 1 aliphatic carbocycles. The lowest BCUT2D eigenvalue weighted by Gasteiger charge is -2.37. The Morgan fingerprint density at radius 2 is 1.86 bits per heavy atom. The summed E-state index contributed by atoms with van der Waals surface area (Å²) < 4.78 is 16.4. The molecule has 0 saturated heterocycles. The number of methoxy groups -OCH3 is 2. The van der Waals surface area contributed by atoms with E-state index in [9.17, 15) is 5.11 Å². The molecule has 1 aromatic carbocycles. The zero-order valence-electron chi connectivity index (χ0n) is 16.4. The monoisotopic (exact) mass is 383 g/mol. The highest BCUT2D eigenvalue weighted by atomic mass is 16.5. The third-order valence-corrected chi connectivity index (χ3v) is 5.46. The Morgan fingerprint density at radius 1 is 1.07 bits per heavy atom. The summed E-state index contributed by atoms with van der Waals surface area (Å²) in [4.78, 5) is 13.5. The normalized spacial score (nSPS) is 23.3. The molecule has 7 nitrogen and oxygen atoms in total. The van der Waals surface area contributed by atoms with Crippen molar-refractivity contribution in [1.82, 2.24) is 9.97 Å². The first kappa shape index (κ1) is 18.7. The van der Waals surface area contributed by atoms with Crippen molar-refractivity contribution in [3.05, 3.63) is 41.2 Å². The average molecular weight is 383 g/mol. The minimum absolute atomic E-state index is 0.121. The smallest absolute Gasteiger partial charge is 0.316 e. The number of ether oxygens (including phenoxy) is 3. The summed E-state index contributed by atoms with van der Waals surface area (Å²) in [6.45, 7) is 2.51. The van der Waals surface area contributed by atoms with E-state index in [0.29, 0.717) is 24.8 Å². The van der Waals surface area contributed by atoms with Crippen LogP contribution in [0.3, 0.4) is 0 Å². The third-order valence-electron chi connectivity index (χ3n) is 5.46. The van der Waals surface area contributed by atoms with Crippen LogP contribution < -0.4 is 14.2 Å². The Morgan fingerprint density at radius 3 is 2.54 bits per heavy atom. The molecular formula is C21H25N3O4. The molecule has 1 fully saturated rings. The maximum atomic E-state index is 10.2. The van der Waals surface area contributed by atoms with Gasteiger partial charge in [0.2, 0.25) is 0 Å². The second-order valence-corrected chi connectivity index (χ2v) is 7.10. The number of aromatic nitrogens is 2. The first-order valence-electron chi connectivity index (χ1n) is 9.62. The third kappa shape index (κ3) is 3.30. The van der Waals surface area contributed by atoms with E-state index in [4.69, 9.17) is 19.2 Å². The van der Waals surface area contributed by atoms with Crippen LogP contribution in [0.2, 0.25) is 0 Å². The van der Waals surface area contributed by atoms with Crippen LogP contribution in [-0.2, 0) is 0 Å². The summed E-state index contributed by atoms with van der Waals surface area (Å²) in [5.74, 6) is 1.54. The van der Waals surface area contributed by atoms with Gasteiger partial charge < -0.3 is 19.3 Å². The molecule has 0 amide bonds. The number of benzene rings is 1. The minimum Gasteiger partial charge on any atom is -0.493 e. The molecule has 0 radical (unpaired) electrons. The van der Waals surface area contributed by atoms with Gasteiger partial charge in [-0.05, 0) is 43.9 Å². The van der Waals surface area contributed by atoms with Crippen LogP contribution in [0, 0.1) is 0 Å². The fourth-order valence-electron chi connectivity index (χ4n) is 4.15. The Labute approximate surface area is 164 Å². The van der Waals surface area contributed by atoms with Crippen LogP contribution in [0.1, 0.15) is 48.8 Å². The van der Waals surface area contributed by atoms with E-state index in [2.05, 4.69) is 9.97 Å². The van der Waals surface area contributed by atoms with Gasteiger partial charge in [-0.15, -0.1) is 0 Å². The predicted molar refractivity (Wildman–Crippen MR) is 105 cm³/mol. The van der Waals surface area contributed by atoms with Crippen LogP contribution >= 0.6 is 0 Å². The second kappa shape index (κ2) is 7.75. The maximum Gasteiger partial charge on any atom is 0.316 e. The number of hydrogen-bond acceptors (Lipinski definition) is 7. The Hall–Kier alpha value is -2.67. The van der Waals surface area contributed by atoms with Gasteiger partial charge in [-0.1, -0.05) is 0 Å². The molecule has 0 unspecified atom stereocenters. The van der Waals surface area contributed by atoms with Crippen molar-refractivity contribution in [2.24, 2.45) is 4.99 Å². The predicted octanol–water partition coefficient (Wildman–Crippen LogP) is 2.74. The highest BCUT2D eigenvalue weighted by molar-refractivity contribution is 6.14. The van der Waals surface area contributed by atoms with Crippen molar-refractivity contribution in [3.8, 4) is 17.5 Å². The molecule has 2 heterocycles. The fraction of sp³-hybridized carbons (Fsp3) is 0.476. The van der Waals surface area contributed by atoms with E-state index in [0.717, 1.165) is 41.0 Å². The van der Waals surface area contributed by atoms with E-state index in [-0.39, 0.29) is 18.1 Å². The highest BCUT2D eigenvalue weighted by Crippen LogP contribution is 2.44. The Balaban J connectivity index is 1.85. The first-order valence-corrected chi connectivity index (χ1v) is 9.62. The molecule has 0 spiro atoms. The standard InChI is InChI=1S/C21H25N3O4/c1-4-28-19-8-14-15-7-13(25)5-6-17(15)24-20(16(14)9-18(19)26-2)12-10-22-21(27-3)23-11-12/h8-11,13,15,17,25H,4-7H2,1-3H3/t13-,15-,17-/m1/s1. The first-order chi connectivity index (χ1) is 13.6. The lowest BCUT2D eigenvalue weighted by Crippen LogP contribution is -2.34. The summed E-state index contributed by atoms with van der Waals surface area (Å²) in [5.41, 5.74) is 3.78. The van der Waals surface area contributed by atoms with Gasteiger partial charge in [-0.25, -0.2) is 9.97 Å². The minimum atomic E-state index is -0.298. The molecule has 7 heteroatoms. The number of hydrogen-bond donors (Lipinski definition) is 1. The number of aliphatic imine (C=N–C) groups is 1.